The maximum Gasteiger partial charge on any atom is 0.416 e. The van der Waals surface area contributed by atoms with Crippen molar-refractivity contribution in [2.45, 2.75) is 12.4 Å². The molecule has 2 aromatic carbocycles. The fourth-order valence-corrected chi connectivity index (χ4v) is 2.12. The summed E-state index contributed by atoms with van der Waals surface area (Å²) in [5.41, 5.74) is -3.85. The zero-order valence-corrected chi connectivity index (χ0v) is 13.6. The van der Waals surface area contributed by atoms with Crippen LogP contribution in [0.4, 0.5) is 37.7 Å². The Balaban J connectivity index is 2.25. The average molecular weight is 404 g/mol. The molecule has 0 saturated heterocycles. The number of anilines is 1. The molecule has 0 spiro atoms. The lowest BCUT2D eigenvalue weighted by atomic mass is 10.1. The number of carbonyl (C=O) groups is 1. The van der Waals surface area contributed by atoms with Gasteiger partial charge in [-0.3, -0.25) is 14.9 Å². The highest BCUT2D eigenvalue weighted by atomic mass is 19.4. The van der Waals surface area contributed by atoms with Crippen LogP contribution in [-0.2, 0) is 17.1 Å². The van der Waals surface area contributed by atoms with E-state index in [4.69, 9.17) is 0 Å². The normalized spacial score (nSPS) is 12.2. The van der Waals surface area contributed by atoms with Crippen molar-refractivity contribution in [3.8, 4) is 0 Å². The van der Waals surface area contributed by atoms with E-state index in [1.54, 1.807) is 0 Å². The number of benzene rings is 2. The molecule has 2 aromatic rings. The smallest absolute Gasteiger partial charge is 0.322 e. The number of alkyl halides is 6. The van der Waals surface area contributed by atoms with Crippen molar-refractivity contribution in [2.75, 3.05) is 5.32 Å². The Hall–Kier alpha value is -3.37. The molecule has 0 aliphatic heterocycles. The number of nitrogens with one attached hydrogen (secondary N) is 1. The van der Waals surface area contributed by atoms with Crippen molar-refractivity contribution in [1.29, 1.82) is 0 Å². The van der Waals surface area contributed by atoms with E-state index in [2.05, 4.69) is 0 Å². The summed E-state index contributed by atoms with van der Waals surface area (Å²) in [7, 11) is 0. The lowest BCUT2D eigenvalue weighted by molar-refractivity contribution is -0.384. The van der Waals surface area contributed by atoms with Crippen LogP contribution in [0.3, 0.4) is 0 Å². The molecule has 5 nitrogen and oxygen atoms in total. The van der Waals surface area contributed by atoms with Gasteiger partial charge in [0.15, 0.2) is 0 Å². The van der Waals surface area contributed by atoms with E-state index in [1.165, 1.54) is 18.2 Å². The van der Waals surface area contributed by atoms with Crippen molar-refractivity contribution in [3.63, 3.8) is 0 Å². The molecule has 1 amide bonds. The highest BCUT2D eigenvalue weighted by Crippen LogP contribution is 2.37. The monoisotopic (exact) mass is 404 g/mol. The second-order valence-electron chi connectivity index (χ2n) is 5.47. The second kappa shape index (κ2) is 7.71. The van der Waals surface area contributed by atoms with E-state index in [-0.39, 0.29) is 17.3 Å². The van der Waals surface area contributed by atoms with Gasteiger partial charge in [-0.1, -0.05) is 12.1 Å². The molecular formula is C17H10F6N2O3. The highest BCUT2D eigenvalue weighted by molar-refractivity contribution is 6.02. The summed E-state index contributed by atoms with van der Waals surface area (Å²) >= 11 is 0. The summed E-state index contributed by atoms with van der Waals surface area (Å²) in [4.78, 5) is 21.8. The van der Waals surface area contributed by atoms with Crippen LogP contribution in [0.1, 0.15) is 16.7 Å². The van der Waals surface area contributed by atoms with Gasteiger partial charge in [0.1, 0.15) is 0 Å². The Kier molecular flexibility index (Phi) is 5.76. The quantitative estimate of drug-likeness (QED) is 0.326. The first kappa shape index (κ1) is 20.9. The van der Waals surface area contributed by atoms with Crippen LogP contribution < -0.4 is 5.32 Å². The maximum atomic E-state index is 12.8. The molecule has 11 heteroatoms. The predicted molar refractivity (Wildman–Crippen MR) is 87.2 cm³/mol. The third-order valence-corrected chi connectivity index (χ3v) is 3.36. The summed E-state index contributed by atoms with van der Waals surface area (Å²) < 4.78 is 76.8. The molecule has 2 rings (SSSR count). The molecule has 0 saturated carbocycles. The van der Waals surface area contributed by atoms with Crippen molar-refractivity contribution in [1.82, 2.24) is 0 Å². The number of halogens is 6. The number of amides is 1. The first-order valence-electron chi connectivity index (χ1n) is 7.39. The van der Waals surface area contributed by atoms with Crippen LogP contribution in [-0.4, -0.2) is 10.8 Å². The van der Waals surface area contributed by atoms with Crippen molar-refractivity contribution in [2.24, 2.45) is 0 Å². The minimum absolute atomic E-state index is 0.0609. The SMILES string of the molecule is O=C(C=Cc1cccc([N+](=O)[O-])c1)Nc1cc(C(F)(F)F)cc(C(F)(F)F)c1. The second-order valence-corrected chi connectivity index (χ2v) is 5.47. The number of nitro benzene ring substituents is 1. The number of carbonyl (C=O) groups excluding carboxylic acids is 1. The van der Waals surface area contributed by atoms with Gasteiger partial charge in [0.2, 0.25) is 5.91 Å². The van der Waals surface area contributed by atoms with E-state index in [9.17, 15) is 41.3 Å². The van der Waals surface area contributed by atoms with Crippen LogP contribution in [0, 0.1) is 10.1 Å². The molecule has 0 heterocycles. The molecule has 0 aromatic heterocycles. The summed E-state index contributed by atoms with van der Waals surface area (Å²) in [6.45, 7) is 0. The molecule has 0 radical (unpaired) electrons. The standard InChI is InChI=1S/C17H10F6N2O3/c18-16(19,20)11-7-12(17(21,22)23)9-13(8-11)24-15(26)5-4-10-2-1-3-14(6-10)25(27)28/h1-9H,(H,24,26). The molecule has 0 bridgehead atoms. The van der Waals surface area contributed by atoms with Crippen molar-refractivity contribution in [3.05, 3.63) is 75.3 Å². The molecule has 0 atom stereocenters. The predicted octanol–water partition coefficient (Wildman–Crippen LogP) is 5.28. The third-order valence-electron chi connectivity index (χ3n) is 3.36. The van der Waals surface area contributed by atoms with E-state index >= 15 is 0 Å². The number of hydrogen-bond donors (Lipinski definition) is 1. The molecule has 0 aliphatic rings. The van der Waals surface area contributed by atoms with E-state index in [1.807, 2.05) is 5.32 Å². The van der Waals surface area contributed by atoms with Gasteiger partial charge in [-0.05, 0) is 29.8 Å². The zero-order chi connectivity index (χ0) is 21.1. The van der Waals surface area contributed by atoms with Gasteiger partial charge in [-0.15, -0.1) is 0 Å². The molecule has 0 aliphatic carbocycles. The van der Waals surface area contributed by atoms with Gasteiger partial charge in [0, 0.05) is 23.9 Å². The molecule has 28 heavy (non-hydrogen) atoms. The van der Waals surface area contributed by atoms with Gasteiger partial charge >= 0.3 is 12.4 Å². The first-order chi connectivity index (χ1) is 12.9. The maximum absolute atomic E-state index is 12.8. The lowest BCUT2D eigenvalue weighted by Gasteiger charge is -2.14. The Morgan fingerprint density at radius 3 is 2.04 bits per heavy atom. The largest absolute Gasteiger partial charge is 0.416 e. The topological polar surface area (TPSA) is 72.2 Å². The van der Waals surface area contributed by atoms with Gasteiger partial charge < -0.3 is 5.32 Å². The van der Waals surface area contributed by atoms with Crippen molar-refractivity contribution >= 4 is 23.4 Å². The van der Waals surface area contributed by atoms with E-state index in [0.717, 1.165) is 18.2 Å². The molecule has 1 N–H and O–H groups in total. The fraction of sp³-hybridized carbons (Fsp3) is 0.118. The summed E-state index contributed by atoms with van der Waals surface area (Å²) in [5.74, 6) is -1.01. The highest BCUT2D eigenvalue weighted by Gasteiger charge is 2.37. The van der Waals surface area contributed by atoms with Crippen LogP contribution in [0.2, 0.25) is 0 Å². The van der Waals surface area contributed by atoms with Gasteiger partial charge in [-0.2, -0.15) is 26.3 Å². The number of rotatable bonds is 4. The number of hydrogen-bond acceptors (Lipinski definition) is 3. The molecule has 0 unspecified atom stereocenters. The van der Waals surface area contributed by atoms with Crippen LogP contribution in [0.25, 0.3) is 6.08 Å². The van der Waals surface area contributed by atoms with Gasteiger partial charge in [0.05, 0.1) is 16.1 Å². The number of nitro groups is 1. The summed E-state index contributed by atoms with van der Waals surface area (Å²) in [5, 5.41) is 12.6. The minimum atomic E-state index is -5.04. The summed E-state index contributed by atoms with van der Waals surface area (Å²) in [6, 6.07) is 5.78. The van der Waals surface area contributed by atoms with Crippen LogP contribution in [0.5, 0.6) is 0 Å². The Bertz CT molecular complexity index is 903. The van der Waals surface area contributed by atoms with Crippen molar-refractivity contribution < 1.29 is 36.1 Å². The van der Waals surface area contributed by atoms with E-state index in [0.29, 0.717) is 12.1 Å². The van der Waals surface area contributed by atoms with Gasteiger partial charge in [-0.25, -0.2) is 0 Å². The van der Waals surface area contributed by atoms with E-state index < -0.39 is 40.0 Å². The van der Waals surface area contributed by atoms with Gasteiger partial charge in [0.25, 0.3) is 5.69 Å². The molecule has 148 valence electrons. The van der Waals surface area contributed by atoms with Crippen LogP contribution in [0.15, 0.2) is 48.5 Å². The Morgan fingerprint density at radius 2 is 1.54 bits per heavy atom. The fourth-order valence-electron chi connectivity index (χ4n) is 2.12. The van der Waals surface area contributed by atoms with Crippen LogP contribution >= 0.6 is 0 Å². The summed E-state index contributed by atoms with van der Waals surface area (Å²) in [6.07, 6.45) is -8.13. The average Bonchev–Trinajstić information content (AvgIpc) is 2.58. The number of nitrogens with zero attached hydrogens (tertiary/aromatic N) is 1. The first-order valence-corrected chi connectivity index (χ1v) is 7.39. The lowest BCUT2D eigenvalue weighted by Crippen LogP contribution is -2.14. The molecular weight excluding hydrogens is 394 g/mol. The minimum Gasteiger partial charge on any atom is -0.322 e. The number of non-ortho nitro benzene ring substituents is 1. The zero-order valence-electron chi connectivity index (χ0n) is 13.6. The Labute approximate surface area is 153 Å². The Morgan fingerprint density at radius 1 is 0.964 bits per heavy atom. The molecule has 0 fully saturated rings. The third kappa shape index (κ3) is 5.56.